The van der Waals surface area contributed by atoms with Gasteiger partial charge in [-0.25, -0.2) is 4.39 Å². The van der Waals surface area contributed by atoms with Crippen molar-refractivity contribution in [3.8, 4) is 44.5 Å². The average molecular weight is 891 g/mol. The van der Waals surface area contributed by atoms with Gasteiger partial charge in [0.2, 0.25) is 0 Å². The predicted molar refractivity (Wildman–Crippen MR) is 293 cm³/mol. The van der Waals surface area contributed by atoms with Crippen LogP contribution in [-0.4, -0.2) is 24.2 Å². The molecule has 11 rings (SSSR count). The van der Waals surface area contributed by atoms with Crippen LogP contribution in [0.25, 0.3) is 109 Å². The summed E-state index contributed by atoms with van der Waals surface area (Å²) in [5.74, 6) is -0.228. The van der Waals surface area contributed by atoms with Gasteiger partial charge in [0, 0.05) is 0 Å². The maximum absolute atomic E-state index is 14.7. The van der Waals surface area contributed by atoms with E-state index in [4.69, 9.17) is 0 Å². The Morgan fingerprint density at radius 2 is 0.554 bits per heavy atom. The first kappa shape index (κ1) is 41.5. The highest BCUT2D eigenvalue weighted by atomic mass is 28.3. The highest BCUT2D eigenvalue weighted by Gasteiger charge is 2.27. The molecule has 0 aliphatic heterocycles. The van der Waals surface area contributed by atoms with Crippen LogP contribution in [0.2, 0.25) is 58.9 Å². The molecule has 0 N–H and O–H groups in total. The molecular formula is C61H55FSi3. The molecule has 0 aliphatic rings. The Kier molecular flexibility index (Phi) is 9.54. The van der Waals surface area contributed by atoms with Gasteiger partial charge in [-0.15, -0.1) is 0 Å². The highest BCUT2D eigenvalue weighted by molar-refractivity contribution is 6.91. The van der Waals surface area contributed by atoms with Gasteiger partial charge in [-0.2, -0.15) is 0 Å². The molecule has 0 fully saturated rings. The molecule has 0 atom stereocenters. The molecule has 11 aromatic rings. The fourth-order valence-electron chi connectivity index (χ4n) is 11.1. The van der Waals surface area contributed by atoms with E-state index in [9.17, 15) is 4.39 Å². The minimum absolute atomic E-state index is 0.228. The van der Waals surface area contributed by atoms with Gasteiger partial charge in [-0.3, -0.25) is 0 Å². The Balaban J connectivity index is 1.34. The maximum atomic E-state index is 14.7. The molecule has 0 saturated heterocycles. The van der Waals surface area contributed by atoms with Crippen molar-refractivity contribution in [2.24, 2.45) is 0 Å². The fourth-order valence-corrected chi connectivity index (χ4v) is 15.9. The summed E-state index contributed by atoms with van der Waals surface area (Å²) in [6, 6.07) is 63.2. The van der Waals surface area contributed by atoms with Gasteiger partial charge >= 0.3 is 0 Å². The molecule has 0 nitrogen and oxygen atoms in total. The van der Waals surface area contributed by atoms with Crippen molar-refractivity contribution in [3.63, 3.8) is 0 Å². The van der Waals surface area contributed by atoms with Crippen LogP contribution in [0.5, 0.6) is 0 Å². The third kappa shape index (κ3) is 6.71. The van der Waals surface area contributed by atoms with E-state index in [1.54, 1.807) is 12.1 Å². The Labute approximate surface area is 385 Å². The van der Waals surface area contributed by atoms with Crippen molar-refractivity contribution in [1.29, 1.82) is 0 Å². The van der Waals surface area contributed by atoms with Crippen LogP contribution in [-0.2, 0) is 0 Å². The standard InChI is InChI=1S/C61H55FSi3/c1-63(2,3)57-33-30-43(40-16-10-13-19-46(40)57)54-36-53(38-22-24-39(62)25-23-38)49-26-27-51-55(44-31-34-58(64(4,5)6)47-20-14-11-17-41(44)47)37-56(52-29-28-50(54)60(49)61(51)52)45-32-35-59(65(7,8)9)48-21-15-12-18-42(45)48/h10-37H,1-9H3. The molecule has 0 bridgehead atoms. The lowest BCUT2D eigenvalue weighted by Gasteiger charge is -2.25. The third-order valence-electron chi connectivity index (χ3n) is 14.1. The molecule has 4 heteroatoms. The van der Waals surface area contributed by atoms with Crippen LogP contribution < -0.4 is 15.6 Å². The van der Waals surface area contributed by atoms with Crippen LogP contribution in [0.15, 0.2) is 170 Å². The van der Waals surface area contributed by atoms with Gasteiger partial charge in [0.25, 0.3) is 0 Å². The number of hydrogen-bond donors (Lipinski definition) is 0. The molecule has 0 amide bonds. The second-order valence-electron chi connectivity index (χ2n) is 21.4. The molecule has 65 heavy (non-hydrogen) atoms. The number of benzene rings is 11. The monoisotopic (exact) mass is 890 g/mol. The second kappa shape index (κ2) is 14.9. The SMILES string of the molecule is C[Si](C)(C)c1ccc(-c2cc(-c3ccc(F)cc3)c3ccc4c(-c5ccc([Si](C)(C)C)c6ccccc56)cc(-c5ccc([Si](C)(C)C)c6ccccc56)c5ccc2c3c45)c2ccccc12. The Morgan fingerprint density at radius 3 is 0.877 bits per heavy atom. The smallest absolute Gasteiger partial charge is 0.123 e. The van der Waals surface area contributed by atoms with Gasteiger partial charge in [0.05, 0.1) is 24.2 Å². The van der Waals surface area contributed by atoms with E-state index in [0.717, 1.165) is 11.1 Å². The van der Waals surface area contributed by atoms with Crippen LogP contribution in [0.3, 0.4) is 0 Å². The van der Waals surface area contributed by atoms with Crippen molar-refractivity contribution in [3.05, 3.63) is 176 Å². The van der Waals surface area contributed by atoms with Crippen molar-refractivity contribution in [1.82, 2.24) is 0 Å². The van der Waals surface area contributed by atoms with E-state index in [1.165, 1.54) is 114 Å². The Hall–Kier alpha value is -6.18. The van der Waals surface area contributed by atoms with E-state index in [1.807, 2.05) is 12.1 Å². The average Bonchev–Trinajstić information content (AvgIpc) is 3.28. The summed E-state index contributed by atoms with van der Waals surface area (Å²) in [5, 5.41) is 19.8. The number of hydrogen-bond acceptors (Lipinski definition) is 0. The molecule has 0 radical (unpaired) electrons. The van der Waals surface area contributed by atoms with Crippen LogP contribution in [0.4, 0.5) is 4.39 Å². The largest absolute Gasteiger partial charge is 0.207 e. The summed E-state index contributed by atoms with van der Waals surface area (Å²) in [5.41, 5.74) is 9.57. The third-order valence-corrected chi connectivity index (χ3v) is 20.3. The first-order valence-electron chi connectivity index (χ1n) is 23.2. The predicted octanol–water partition coefficient (Wildman–Crippen LogP) is 16.5. The Bertz CT molecular complexity index is 3590. The minimum Gasteiger partial charge on any atom is -0.207 e. The first-order chi connectivity index (χ1) is 31.1. The van der Waals surface area contributed by atoms with E-state index < -0.39 is 24.2 Å². The summed E-state index contributed by atoms with van der Waals surface area (Å²) in [4.78, 5) is 0. The molecule has 0 spiro atoms. The second-order valence-corrected chi connectivity index (χ2v) is 36.5. The van der Waals surface area contributed by atoms with Gasteiger partial charge < -0.3 is 0 Å². The summed E-state index contributed by atoms with van der Waals surface area (Å²) < 4.78 is 14.7. The highest BCUT2D eigenvalue weighted by Crippen LogP contribution is 2.50. The zero-order valence-electron chi connectivity index (χ0n) is 39.0. The summed E-state index contributed by atoms with van der Waals surface area (Å²) in [6.07, 6.45) is 0. The van der Waals surface area contributed by atoms with Gasteiger partial charge in [-0.1, -0.05) is 220 Å². The molecule has 0 saturated carbocycles. The normalized spacial score (nSPS) is 12.8. The van der Waals surface area contributed by atoms with Gasteiger partial charge in [-0.05, 0) is 133 Å². The zero-order chi connectivity index (χ0) is 45.2. The Morgan fingerprint density at radius 1 is 0.262 bits per heavy atom. The maximum Gasteiger partial charge on any atom is 0.123 e. The van der Waals surface area contributed by atoms with Crippen molar-refractivity contribution in [2.75, 3.05) is 0 Å². The van der Waals surface area contributed by atoms with Crippen molar-refractivity contribution >= 4 is 104 Å². The van der Waals surface area contributed by atoms with E-state index in [0.29, 0.717) is 0 Å². The number of halogens is 1. The van der Waals surface area contributed by atoms with E-state index in [2.05, 4.69) is 205 Å². The van der Waals surface area contributed by atoms with Crippen LogP contribution in [0.1, 0.15) is 0 Å². The lowest BCUT2D eigenvalue weighted by Crippen LogP contribution is -2.38. The lowest BCUT2D eigenvalue weighted by atomic mass is 9.80. The fraction of sp³-hybridized carbons (Fsp3) is 0.148. The first-order valence-corrected chi connectivity index (χ1v) is 33.7. The van der Waals surface area contributed by atoms with Crippen molar-refractivity contribution < 1.29 is 4.39 Å². The molecule has 318 valence electrons. The number of fused-ring (bicyclic) bond motifs is 3. The van der Waals surface area contributed by atoms with Crippen LogP contribution in [0, 0.1) is 5.82 Å². The van der Waals surface area contributed by atoms with Crippen molar-refractivity contribution in [2.45, 2.75) is 58.9 Å². The topological polar surface area (TPSA) is 0 Å². The molecule has 0 heterocycles. The lowest BCUT2D eigenvalue weighted by molar-refractivity contribution is 0.628. The van der Waals surface area contributed by atoms with E-state index >= 15 is 0 Å². The molecule has 0 unspecified atom stereocenters. The van der Waals surface area contributed by atoms with E-state index in [-0.39, 0.29) is 5.82 Å². The summed E-state index contributed by atoms with van der Waals surface area (Å²) in [7, 11) is -5.02. The van der Waals surface area contributed by atoms with Gasteiger partial charge in [0.1, 0.15) is 5.82 Å². The minimum atomic E-state index is -1.68. The molecule has 11 aromatic carbocycles. The summed E-state index contributed by atoms with van der Waals surface area (Å²) in [6.45, 7) is 22.0. The molecule has 0 aliphatic carbocycles. The zero-order valence-corrected chi connectivity index (χ0v) is 42.0. The number of rotatable bonds is 7. The molecular weight excluding hydrogens is 836 g/mol. The van der Waals surface area contributed by atoms with Crippen LogP contribution >= 0.6 is 0 Å². The van der Waals surface area contributed by atoms with Gasteiger partial charge in [0.15, 0.2) is 0 Å². The summed E-state index contributed by atoms with van der Waals surface area (Å²) >= 11 is 0. The quantitative estimate of drug-likeness (QED) is 0.110. The molecule has 0 aromatic heterocycles.